The molecule has 0 bridgehead atoms. The molecule has 1 aromatic rings. The first kappa shape index (κ1) is 13.4. The summed E-state index contributed by atoms with van der Waals surface area (Å²) in [6.07, 6.45) is 0.0910. The smallest absolute Gasteiger partial charge is 0.310 e. The number of carboxylic acids is 1. The van der Waals surface area contributed by atoms with Crippen LogP contribution in [0.25, 0.3) is 0 Å². The molecule has 1 saturated heterocycles. The van der Waals surface area contributed by atoms with Crippen molar-refractivity contribution < 1.29 is 19.4 Å². The maximum absolute atomic E-state index is 12.0. The van der Waals surface area contributed by atoms with Crippen molar-refractivity contribution >= 4 is 11.9 Å². The number of carbonyl (C=O) groups excluding carboxylic acids is 1. The minimum absolute atomic E-state index is 0.0910. The molecule has 1 heterocycles. The van der Waals surface area contributed by atoms with Crippen molar-refractivity contribution in [2.24, 2.45) is 5.92 Å². The number of ether oxygens (including phenoxy) is 1. The third-order valence-electron chi connectivity index (χ3n) is 2.99. The first-order valence-electron chi connectivity index (χ1n) is 6.26. The predicted octanol–water partition coefficient (Wildman–Crippen LogP) is 1.63. The number of hydrogen-bond donors (Lipinski definition) is 1. The van der Waals surface area contributed by atoms with Crippen LogP contribution in [-0.4, -0.2) is 41.1 Å². The molecule has 1 N–H and O–H groups in total. The SMILES string of the molecule is CC(C)Oc1ccc(C(=O)N2CC(C(=O)O)C2)cc1. The quantitative estimate of drug-likeness (QED) is 0.896. The van der Waals surface area contributed by atoms with E-state index in [-0.39, 0.29) is 12.0 Å². The third-order valence-corrected chi connectivity index (χ3v) is 2.99. The van der Waals surface area contributed by atoms with Crippen LogP contribution in [0.5, 0.6) is 5.75 Å². The van der Waals surface area contributed by atoms with E-state index in [9.17, 15) is 9.59 Å². The summed E-state index contributed by atoms with van der Waals surface area (Å²) >= 11 is 0. The second-order valence-corrected chi connectivity index (χ2v) is 4.94. The Labute approximate surface area is 111 Å². The van der Waals surface area contributed by atoms with E-state index in [1.807, 2.05) is 13.8 Å². The Hall–Kier alpha value is -2.04. The van der Waals surface area contributed by atoms with E-state index < -0.39 is 11.9 Å². The molecule has 1 fully saturated rings. The van der Waals surface area contributed by atoms with Gasteiger partial charge in [-0.25, -0.2) is 0 Å². The van der Waals surface area contributed by atoms with Crippen molar-refractivity contribution in [2.75, 3.05) is 13.1 Å². The fraction of sp³-hybridized carbons (Fsp3) is 0.429. The number of rotatable bonds is 4. The van der Waals surface area contributed by atoms with Crippen molar-refractivity contribution in [2.45, 2.75) is 20.0 Å². The molecular formula is C14H17NO4. The van der Waals surface area contributed by atoms with Gasteiger partial charge in [-0.15, -0.1) is 0 Å². The lowest BCUT2D eigenvalue weighted by molar-refractivity contribution is -0.146. The van der Waals surface area contributed by atoms with Crippen molar-refractivity contribution in [3.8, 4) is 5.75 Å². The van der Waals surface area contributed by atoms with Gasteiger partial charge in [-0.2, -0.15) is 0 Å². The zero-order valence-electron chi connectivity index (χ0n) is 11.0. The molecule has 1 aliphatic rings. The molecule has 0 spiro atoms. The summed E-state index contributed by atoms with van der Waals surface area (Å²) in [6.45, 7) is 4.45. The summed E-state index contributed by atoms with van der Waals surface area (Å²) in [7, 11) is 0. The molecule has 5 heteroatoms. The van der Waals surface area contributed by atoms with E-state index in [0.717, 1.165) is 5.75 Å². The van der Waals surface area contributed by atoms with E-state index in [0.29, 0.717) is 18.7 Å². The number of carbonyl (C=O) groups is 2. The molecule has 1 amide bonds. The summed E-state index contributed by atoms with van der Waals surface area (Å²) in [5.74, 6) is -0.676. The standard InChI is InChI=1S/C14H17NO4/c1-9(2)19-12-5-3-10(4-6-12)13(16)15-7-11(8-15)14(17)18/h3-6,9,11H,7-8H2,1-2H3,(H,17,18). The molecule has 0 unspecified atom stereocenters. The summed E-state index contributed by atoms with van der Waals surface area (Å²) in [4.78, 5) is 24.2. The van der Waals surface area contributed by atoms with Crippen LogP contribution in [0.15, 0.2) is 24.3 Å². The summed E-state index contributed by atoms with van der Waals surface area (Å²) in [5, 5.41) is 8.77. The lowest BCUT2D eigenvalue weighted by Gasteiger charge is -2.36. The van der Waals surface area contributed by atoms with Crippen LogP contribution in [0.3, 0.4) is 0 Å². The van der Waals surface area contributed by atoms with E-state index >= 15 is 0 Å². The van der Waals surface area contributed by atoms with Crippen molar-refractivity contribution in [3.63, 3.8) is 0 Å². The first-order valence-corrected chi connectivity index (χ1v) is 6.26. The minimum atomic E-state index is -0.843. The van der Waals surface area contributed by atoms with Gasteiger partial charge in [0.15, 0.2) is 0 Å². The average Bonchev–Trinajstić information content (AvgIpc) is 2.26. The van der Waals surface area contributed by atoms with Gasteiger partial charge < -0.3 is 14.7 Å². The third kappa shape index (κ3) is 3.05. The second-order valence-electron chi connectivity index (χ2n) is 4.94. The Kier molecular flexibility index (Phi) is 3.74. The highest BCUT2D eigenvalue weighted by Gasteiger charge is 2.35. The number of hydrogen-bond acceptors (Lipinski definition) is 3. The zero-order valence-corrected chi connectivity index (χ0v) is 11.0. The molecule has 102 valence electrons. The topological polar surface area (TPSA) is 66.8 Å². The molecule has 19 heavy (non-hydrogen) atoms. The first-order chi connectivity index (χ1) is 8.97. The number of carboxylic acid groups (broad SMARTS) is 1. The van der Waals surface area contributed by atoms with Gasteiger partial charge >= 0.3 is 5.97 Å². The van der Waals surface area contributed by atoms with Gasteiger partial charge in [-0.05, 0) is 38.1 Å². The number of benzene rings is 1. The molecule has 2 rings (SSSR count). The Balaban J connectivity index is 1.95. The van der Waals surface area contributed by atoms with E-state index in [2.05, 4.69) is 0 Å². The van der Waals surface area contributed by atoms with Gasteiger partial charge in [0, 0.05) is 18.7 Å². The van der Waals surface area contributed by atoms with Crippen molar-refractivity contribution in [3.05, 3.63) is 29.8 Å². The fourth-order valence-corrected chi connectivity index (χ4v) is 1.93. The average molecular weight is 263 g/mol. The van der Waals surface area contributed by atoms with Crippen LogP contribution in [0.4, 0.5) is 0 Å². The Bertz CT molecular complexity index is 475. The Morgan fingerprint density at radius 2 is 1.84 bits per heavy atom. The summed E-state index contributed by atoms with van der Waals surface area (Å²) < 4.78 is 5.50. The van der Waals surface area contributed by atoms with E-state index in [1.54, 1.807) is 24.3 Å². The molecule has 1 aromatic carbocycles. The number of amides is 1. The van der Waals surface area contributed by atoms with Gasteiger partial charge in [0.2, 0.25) is 0 Å². The minimum Gasteiger partial charge on any atom is -0.491 e. The second kappa shape index (κ2) is 5.30. The lowest BCUT2D eigenvalue weighted by atomic mass is 9.99. The number of aliphatic carboxylic acids is 1. The highest BCUT2D eigenvalue weighted by Crippen LogP contribution is 2.20. The lowest BCUT2D eigenvalue weighted by Crippen LogP contribution is -2.53. The fourth-order valence-electron chi connectivity index (χ4n) is 1.93. The molecular weight excluding hydrogens is 246 g/mol. The van der Waals surface area contributed by atoms with Gasteiger partial charge in [-0.1, -0.05) is 0 Å². The molecule has 0 radical (unpaired) electrons. The number of likely N-dealkylation sites (tertiary alicyclic amines) is 1. The van der Waals surface area contributed by atoms with Crippen LogP contribution < -0.4 is 4.74 Å². The van der Waals surface area contributed by atoms with Crippen LogP contribution in [-0.2, 0) is 4.79 Å². The molecule has 1 aliphatic heterocycles. The summed E-state index contributed by atoms with van der Waals surface area (Å²) in [6, 6.07) is 6.91. The largest absolute Gasteiger partial charge is 0.491 e. The van der Waals surface area contributed by atoms with E-state index in [4.69, 9.17) is 9.84 Å². The van der Waals surface area contributed by atoms with Gasteiger partial charge in [-0.3, -0.25) is 9.59 Å². The molecule has 0 saturated carbocycles. The summed E-state index contributed by atoms with van der Waals surface area (Å²) in [5.41, 5.74) is 0.556. The Morgan fingerprint density at radius 3 is 2.32 bits per heavy atom. The zero-order chi connectivity index (χ0) is 14.0. The Morgan fingerprint density at radius 1 is 1.26 bits per heavy atom. The maximum Gasteiger partial charge on any atom is 0.310 e. The van der Waals surface area contributed by atoms with Crippen molar-refractivity contribution in [1.82, 2.24) is 4.90 Å². The highest BCUT2D eigenvalue weighted by molar-refractivity contribution is 5.95. The predicted molar refractivity (Wildman–Crippen MR) is 69.2 cm³/mol. The highest BCUT2D eigenvalue weighted by atomic mass is 16.5. The molecule has 0 aliphatic carbocycles. The van der Waals surface area contributed by atoms with Gasteiger partial charge in [0.05, 0.1) is 12.0 Å². The molecule has 0 aromatic heterocycles. The van der Waals surface area contributed by atoms with Gasteiger partial charge in [0.1, 0.15) is 5.75 Å². The molecule has 0 atom stereocenters. The number of nitrogens with zero attached hydrogens (tertiary/aromatic N) is 1. The van der Waals surface area contributed by atoms with Crippen LogP contribution in [0.1, 0.15) is 24.2 Å². The normalized spacial score (nSPS) is 15.2. The maximum atomic E-state index is 12.0. The van der Waals surface area contributed by atoms with Crippen LogP contribution >= 0.6 is 0 Å². The van der Waals surface area contributed by atoms with E-state index in [1.165, 1.54) is 4.90 Å². The van der Waals surface area contributed by atoms with Gasteiger partial charge in [0.25, 0.3) is 5.91 Å². The van der Waals surface area contributed by atoms with Crippen molar-refractivity contribution in [1.29, 1.82) is 0 Å². The van der Waals surface area contributed by atoms with Crippen LogP contribution in [0.2, 0.25) is 0 Å². The monoisotopic (exact) mass is 263 g/mol. The van der Waals surface area contributed by atoms with Crippen LogP contribution in [0, 0.1) is 5.92 Å². The molecule has 5 nitrogen and oxygen atoms in total.